The van der Waals surface area contributed by atoms with Crippen LogP contribution < -0.4 is 9.64 Å². The molecule has 0 aliphatic carbocycles. The lowest BCUT2D eigenvalue weighted by molar-refractivity contribution is -0.118. The van der Waals surface area contributed by atoms with Crippen LogP contribution in [0.2, 0.25) is 0 Å². The number of pyridine rings is 1. The van der Waals surface area contributed by atoms with Crippen molar-refractivity contribution < 1.29 is 17.9 Å². The molecule has 0 spiro atoms. The molecular formula is C24H23N3O4S2. The van der Waals surface area contributed by atoms with E-state index >= 15 is 0 Å². The van der Waals surface area contributed by atoms with Gasteiger partial charge in [0.1, 0.15) is 5.75 Å². The third-order valence-corrected chi connectivity index (χ3v) is 7.89. The topological polar surface area (TPSA) is 89.5 Å². The average Bonchev–Trinajstić information content (AvgIpc) is 3.24. The van der Waals surface area contributed by atoms with Gasteiger partial charge in [-0.1, -0.05) is 23.5 Å². The van der Waals surface area contributed by atoms with Gasteiger partial charge in [-0.2, -0.15) is 0 Å². The SMILES string of the molecule is COc1ccc(S(=O)(=O)CCC(=O)N(Cc2ccccn2)c2nc3ccc(C)cc3s2)cc1. The van der Waals surface area contributed by atoms with Crippen molar-refractivity contribution in [1.29, 1.82) is 0 Å². The predicted molar refractivity (Wildman–Crippen MR) is 129 cm³/mol. The lowest BCUT2D eigenvalue weighted by atomic mass is 10.2. The van der Waals surface area contributed by atoms with Gasteiger partial charge in [-0.15, -0.1) is 0 Å². The van der Waals surface area contributed by atoms with Crippen molar-refractivity contribution in [2.75, 3.05) is 17.8 Å². The number of sulfone groups is 1. The van der Waals surface area contributed by atoms with Crippen molar-refractivity contribution in [3.8, 4) is 5.75 Å². The molecule has 0 fully saturated rings. The number of hydrogen-bond donors (Lipinski definition) is 0. The van der Waals surface area contributed by atoms with E-state index in [9.17, 15) is 13.2 Å². The molecule has 33 heavy (non-hydrogen) atoms. The number of benzene rings is 2. The van der Waals surface area contributed by atoms with Crippen LogP contribution in [-0.4, -0.2) is 37.2 Å². The Labute approximate surface area is 196 Å². The fourth-order valence-electron chi connectivity index (χ4n) is 3.31. The van der Waals surface area contributed by atoms with Gasteiger partial charge in [0.15, 0.2) is 15.0 Å². The van der Waals surface area contributed by atoms with E-state index < -0.39 is 9.84 Å². The van der Waals surface area contributed by atoms with Gasteiger partial charge in [0, 0.05) is 12.6 Å². The monoisotopic (exact) mass is 481 g/mol. The quantitative estimate of drug-likeness (QED) is 0.370. The second-order valence-electron chi connectivity index (χ2n) is 7.51. The molecule has 4 aromatic rings. The molecule has 0 N–H and O–H groups in total. The number of rotatable bonds is 8. The van der Waals surface area contributed by atoms with Crippen LogP contribution in [0.15, 0.2) is 71.8 Å². The highest BCUT2D eigenvalue weighted by molar-refractivity contribution is 7.91. The lowest BCUT2D eigenvalue weighted by Gasteiger charge is -2.19. The smallest absolute Gasteiger partial charge is 0.230 e. The first-order valence-corrected chi connectivity index (χ1v) is 12.8. The standard InChI is InChI=1S/C24H23N3O4S2/c1-17-6-11-21-22(15-17)32-24(26-21)27(16-18-5-3-4-13-25-18)23(28)12-14-33(29,30)20-9-7-19(31-2)8-10-20/h3-11,13,15H,12,14,16H2,1-2H3. The normalized spacial score (nSPS) is 11.5. The molecule has 2 aromatic heterocycles. The Bertz CT molecular complexity index is 1370. The number of aryl methyl sites for hydroxylation is 1. The minimum atomic E-state index is -3.63. The van der Waals surface area contributed by atoms with Crippen LogP contribution in [-0.2, 0) is 21.2 Å². The summed E-state index contributed by atoms with van der Waals surface area (Å²) in [5.74, 6) is -0.0629. The molecule has 4 rings (SSSR count). The molecule has 0 saturated carbocycles. The highest BCUT2D eigenvalue weighted by atomic mass is 32.2. The number of methoxy groups -OCH3 is 1. The summed E-state index contributed by atoms with van der Waals surface area (Å²) in [6, 6.07) is 17.5. The molecule has 0 aliphatic rings. The van der Waals surface area contributed by atoms with Gasteiger partial charge in [0.25, 0.3) is 0 Å². The number of amides is 1. The van der Waals surface area contributed by atoms with Gasteiger partial charge in [0.2, 0.25) is 5.91 Å². The van der Waals surface area contributed by atoms with E-state index in [-0.39, 0.29) is 29.5 Å². The molecule has 2 heterocycles. The first-order chi connectivity index (χ1) is 15.9. The van der Waals surface area contributed by atoms with Crippen molar-refractivity contribution >= 4 is 42.4 Å². The number of nitrogens with zero attached hydrogens (tertiary/aromatic N) is 3. The van der Waals surface area contributed by atoms with E-state index in [1.807, 2.05) is 37.3 Å². The largest absolute Gasteiger partial charge is 0.497 e. The Morgan fingerprint density at radius 1 is 1.09 bits per heavy atom. The summed E-state index contributed by atoms with van der Waals surface area (Å²) in [6.07, 6.45) is 1.49. The second-order valence-corrected chi connectivity index (χ2v) is 10.6. The minimum absolute atomic E-state index is 0.155. The first-order valence-electron chi connectivity index (χ1n) is 10.3. The number of aromatic nitrogens is 2. The first kappa shape index (κ1) is 22.9. The summed E-state index contributed by atoms with van der Waals surface area (Å²) in [6.45, 7) is 2.21. The number of hydrogen-bond acceptors (Lipinski definition) is 7. The van der Waals surface area contributed by atoms with Crippen LogP contribution in [0.3, 0.4) is 0 Å². The Kier molecular flexibility index (Phi) is 6.71. The highest BCUT2D eigenvalue weighted by Crippen LogP contribution is 2.31. The van der Waals surface area contributed by atoms with Crippen molar-refractivity contribution in [3.05, 3.63) is 78.1 Å². The van der Waals surface area contributed by atoms with Crippen LogP contribution in [0.5, 0.6) is 5.75 Å². The van der Waals surface area contributed by atoms with Crippen LogP contribution >= 0.6 is 11.3 Å². The number of carbonyl (C=O) groups is 1. The molecule has 0 aliphatic heterocycles. The van der Waals surface area contributed by atoms with Crippen LogP contribution in [0.1, 0.15) is 17.7 Å². The molecular weight excluding hydrogens is 458 g/mol. The fraction of sp³-hybridized carbons (Fsp3) is 0.208. The van der Waals surface area contributed by atoms with Gasteiger partial charge in [-0.25, -0.2) is 13.4 Å². The zero-order chi connectivity index (χ0) is 23.4. The fourth-order valence-corrected chi connectivity index (χ4v) is 5.62. The number of fused-ring (bicyclic) bond motifs is 1. The van der Waals surface area contributed by atoms with Crippen LogP contribution in [0.25, 0.3) is 10.2 Å². The van der Waals surface area contributed by atoms with E-state index in [4.69, 9.17) is 4.74 Å². The molecule has 170 valence electrons. The molecule has 9 heteroatoms. The highest BCUT2D eigenvalue weighted by Gasteiger charge is 2.24. The summed E-state index contributed by atoms with van der Waals surface area (Å²) >= 11 is 1.40. The number of thiazole rings is 1. The van der Waals surface area contributed by atoms with Crippen molar-refractivity contribution in [2.45, 2.75) is 24.8 Å². The molecule has 1 amide bonds. The molecule has 0 radical (unpaired) electrons. The maximum Gasteiger partial charge on any atom is 0.230 e. The van der Waals surface area contributed by atoms with Crippen molar-refractivity contribution in [1.82, 2.24) is 9.97 Å². The van der Waals surface area contributed by atoms with Crippen LogP contribution in [0.4, 0.5) is 5.13 Å². The van der Waals surface area contributed by atoms with E-state index in [1.54, 1.807) is 24.4 Å². The minimum Gasteiger partial charge on any atom is -0.497 e. The summed E-state index contributed by atoms with van der Waals surface area (Å²) in [7, 11) is -2.12. The molecule has 0 saturated heterocycles. The molecule has 0 bridgehead atoms. The molecule has 7 nitrogen and oxygen atoms in total. The zero-order valence-corrected chi connectivity index (χ0v) is 19.9. The summed E-state index contributed by atoms with van der Waals surface area (Å²) < 4.78 is 31.6. The van der Waals surface area contributed by atoms with Gasteiger partial charge in [-0.3, -0.25) is 14.7 Å². The Morgan fingerprint density at radius 3 is 2.58 bits per heavy atom. The maximum absolute atomic E-state index is 13.3. The number of carbonyl (C=O) groups excluding carboxylic acids is 1. The van der Waals surface area contributed by atoms with Gasteiger partial charge in [-0.05, 0) is 61.0 Å². The van der Waals surface area contributed by atoms with Crippen molar-refractivity contribution in [2.24, 2.45) is 0 Å². The van der Waals surface area contributed by atoms with Gasteiger partial charge >= 0.3 is 0 Å². The third-order valence-electron chi connectivity index (χ3n) is 5.11. The Balaban J connectivity index is 1.58. The van der Waals surface area contributed by atoms with E-state index in [0.29, 0.717) is 16.6 Å². The molecule has 0 atom stereocenters. The molecule has 0 unspecified atom stereocenters. The summed E-state index contributed by atoms with van der Waals surface area (Å²) in [4.78, 5) is 23.9. The van der Waals surface area contributed by atoms with Crippen molar-refractivity contribution in [3.63, 3.8) is 0 Å². The maximum atomic E-state index is 13.3. The van der Waals surface area contributed by atoms with Gasteiger partial charge in [0.05, 0.1) is 40.2 Å². The summed E-state index contributed by atoms with van der Waals surface area (Å²) in [5.41, 5.74) is 2.59. The Hall–Kier alpha value is -3.30. The zero-order valence-electron chi connectivity index (χ0n) is 18.3. The third kappa shape index (κ3) is 5.37. The second kappa shape index (κ2) is 9.68. The summed E-state index contributed by atoms with van der Waals surface area (Å²) in [5, 5.41) is 0.521. The van der Waals surface area contributed by atoms with Crippen LogP contribution in [0, 0.1) is 6.92 Å². The number of ether oxygens (including phenoxy) is 1. The lowest BCUT2D eigenvalue weighted by Crippen LogP contribution is -2.32. The Morgan fingerprint density at radius 2 is 1.88 bits per heavy atom. The predicted octanol–water partition coefficient (Wildman–Crippen LogP) is 4.41. The van der Waals surface area contributed by atoms with Gasteiger partial charge < -0.3 is 4.74 Å². The van der Waals surface area contributed by atoms with E-state index in [2.05, 4.69) is 9.97 Å². The molecule has 2 aromatic carbocycles. The number of anilines is 1. The van der Waals surface area contributed by atoms with E-state index in [0.717, 1.165) is 15.8 Å². The van der Waals surface area contributed by atoms with E-state index in [1.165, 1.54) is 35.5 Å². The average molecular weight is 482 g/mol.